The number of rotatable bonds is 5. The van der Waals surface area contributed by atoms with Crippen LogP contribution in [0.25, 0.3) is 0 Å². The summed E-state index contributed by atoms with van der Waals surface area (Å²) in [5.41, 5.74) is -1.36. The summed E-state index contributed by atoms with van der Waals surface area (Å²) in [6.45, 7) is 0. The fourth-order valence-corrected chi connectivity index (χ4v) is 4.18. The Labute approximate surface area is 140 Å². The molecule has 0 N–H and O–H groups in total. The third kappa shape index (κ3) is 3.50. The molecule has 6 heteroatoms. The molecule has 0 aliphatic heterocycles. The Kier molecular flexibility index (Phi) is 5.67. The minimum Gasteiger partial charge on any atom is -0.468 e. The Bertz CT molecular complexity index is 595. The lowest BCUT2D eigenvalue weighted by Crippen LogP contribution is -2.39. The van der Waals surface area contributed by atoms with Crippen LogP contribution in [0.2, 0.25) is 0 Å². The lowest BCUT2D eigenvalue weighted by atomic mass is 9.85. The molecule has 0 bridgehead atoms. The number of ether oxygens (including phenoxy) is 2. The second-order valence-corrected chi connectivity index (χ2v) is 6.69. The van der Waals surface area contributed by atoms with E-state index >= 15 is 0 Å². The van der Waals surface area contributed by atoms with Gasteiger partial charge in [-0.2, -0.15) is 5.26 Å². The van der Waals surface area contributed by atoms with E-state index in [1.807, 2.05) is 30.3 Å². The monoisotopic (exact) mass is 333 g/mol. The van der Waals surface area contributed by atoms with Gasteiger partial charge in [0.05, 0.1) is 26.2 Å². The quantitative estimate of drug-likeness (QED) is 0.468. The maximum Gasteiger partial charge on any atom is 0.323 e. The largest absolute Gasteiger partial charge is 0.468 e. The van der Waals surface area contributed by atoms with Gasteiger partial charge in [0.2, 0.25) is 0 Å². The molecule has 2 rings (SSSR count). The molecule has 122 valence electrons. The molecule has 0 saturated heterocycles. The highest BCUT2D eigenvalue weighted by atomic mass is 32.2. The summed E-state index contributed by atoms with van der Waals surface area (Å²) in [4.78, 5) is 25.5. The minimum absolute atomic E-state index is 0.0663. The molecule has 2 unspecified atom stereocenters. The molecule has 2 atom stereocenters. The van der Waals surface area contributed by atoms with Crippen molar-refractivity contribution in [1.29, 1.82) is 5.26 Å². The summed E-state index contributed by atoms with van der Waals surface area (Å²) in [7, 11) is 2.50. The van der Waals surface area contributed by atoms with Crippen molar-refractivity contribution >= 4 is 23.7 Å². The zero-order chi connectivity index (χ0) is 16.9. The predicted molar refractivity (Wildman–Crippen MR) is 85.5 cm³/mol. The van der Waals surface area contributed by atoms with E-state index in [1.165, 1.54) is 14.2 Å². The van der Waals surface area contributed by atoms with E-state index in [0.717, 1.165) is 4.90 Å². The van der Waals surface area contributed by atoms with Crippen LogP contribution in [0.4, 0.5) is 0 Å². The maximum absolute atomic E-state index is 12.2. The first kappa shape index (κ1) is 17.4. The van der Waals surface area contributed by atoms with Crippen molar-refractivity contribution in [2.45, 2.75) is 17.7 Å². The molecular formula is C17H19NO4S. The van der Waals surface area contributed by atoms with E-state index in [4.69, 9.17) is 9.47 Å². The zero-order valence-corrected chi connectivity index (χ0v) is 14.0. The molecule has 1 saturated carbocycles. The third-order valence-electron chi connectivity index (χ3n) is 4.27. The number of nitriles is 1. The average molecular weight is 333 g/mol. The molecule has 23 heavy (non-hydrogen) atoms. The molecule has 0 aromatic heterocycles. The van der Waals surface area contributed by atoms with Crippen LogP contribution in [0.1, 0.15) is 12.8 Å². The summed E-state index contributed by atoms with van der Waals surface area (Å²) in [6.07, 6.45) is 0.438. The number of hydrogen-bond acceptors (Lipinski definition) is 6. The van der Waals surface area contributed by atoms with E-state index in [9.17, 15) is 14.9 Å². The fraction of sp³-hybridized carbons (Fsp3) is 0.471. The number of nitrogens with zero attached hydrogens (tertiary/aromatic N) is 1. The summed E-state index contributed by atoms with van der Waals surface area (Å²) in [5, 5.41) is 9.41. The molecular weight excluding hydrogens is 314 g/mol. The van der Waals surface area contributed by atoms with Crippen LogP contribution in [0, 0.1) is 28.6 Å². The molecule has 1 fully saturated rings. The lowest BCUT2D eigenvalue weighted by Gasteiger charge is -2.22. The number of esters is 2. The molecule has 5 nitrogen and oxygen atoms in total. The molecule has 1 aromatic carbocycles. The summed E-state index contributed by atoms with van der Waals surface area (Å²) in [5.74, 6) is -1.00. The van der Waals surface area contributed by atoms with Gasteiger partial charge in [0.15, 0.2) is 5.41 Å². The number of carbonyl (C=O) groups is 2. The second-order valence-electron chi connectivity index (χ2n) is 5.59. The molecule has 1 aliphatic carbocycles. The number of methoxy groups -OCH3 is 2. The molecule has 1 aromatic rings. The van der Waals surface area contributed by atoms with Crippen LogP contribution in [-0.4, -0.2) is 31.9 Å². The van der Waals surface area contributed by atoms with Crippen LogP contribution in [0.3, 0.4) is 0 Å². The highest BCUT2D eigenvalue weighted by Gasteiger charge is 2.57. The Hall–Kier alpha value is -2.00. The van der Waals surface area contributed by atoms with Crippen molar-refractivity contribution in [3.63, 3.8) is 0 Å². The molecule has 0 spiro atoms. The predicted octanol–water partition coefficient (Wildman–Crippen LogP) is 2.66. The van der Waals surface area contributed by atoms with Crippen molar-refractivity contribution in [3.05, 3.63) is 30.3 Å². The SMILES string of the molecule is COC(=O)C1(C(=O)OC)CC(C#N)C(CSc2ccccc2)C1. The van der Waals surface area contributed by atoms with E-state index in [2.05, 4.69) is 6.07 Å². The lowest BCUT2D eigenvalue weighted by molar-refractivity contribution is -0.169. The second kappa shape index (κ2) is 7.51. The Morgan fingerprint density at radius 1 is 1.22 bits per heavy atom. The molecule has 1 aliphatic rings. The van der Waals surface area contributed by atoms with Gasteiger partial charge in [-0.3, -0.25) is 9.59 Å². The highest BCUT2D eigenvalue weighted by molar-refractivity contribution is 7.99. The number of benzene rings is 1. The van der Waals surface area contributed by atoms with Gasteiger partial charge in [0.1, 0.15) is 0 Å². The molecule has 0 heterocycles. The first-order valence-electron chi connectivity index (χ1n) is 7.31. The molecule has 0 radical (unpaired) electrons. The van der Waals surface area contributed by atoms with Gasteiger partial charge in [-0.25, -0.2) is 0 Å². The van der Waals surface area contributed by atoms with E-state index in [0.29, 0.717) is 5.75 Å². The average Bonchev–Trinajstić information content (AvgIpc) is 2.99. The zero-order valence-electron chi connectivity index (χ0n) is 13.2. The van der Waals surface area contributed by atoms with Crippen molar-refractivity contribution in [2.75, 3.05) is 20.0 Å². The van der Waals surface area contributed by atoms with Crippen molar-refractivity contribution in [2.24, 2.45) is 17.3 Å². The Morgan fingerprint density at radius 3 is 2.35 bits per heavy atom. The third-order valence-corrected chi connectivity index (χ3v) is 5.47. The van der Waals surface area contributed by atoms with Gasteiger partial charge in [0.25, 0.3) is 0 Å². The van der Waals surface area contributed by atoms with E-state index in [1.54, 1.807) is 11.8 Å². The molecule has 0 amide bonds. The van der Waals surface area contributed by atoms with E-state index in [-0.39, 0.29) is 24.7 Å². The van der Waals surface area contributed by atoms with Gasteiger partial charge >= 0.3 is 11.9 Å². The van der Waals surface area contributed by atoms with Gasteiger partial charge in [-0.1, -0.05) is 18.2 Å². The standard InChI is InChI=1S/C17H19NO4S/c1-21-15(19)17(16(20)22-2)8-12(10-18)13(9-17)11-23-14-6-4-3-5-7-14/h3-7,12-13H,8-9,11H2,1-2H3. The fourth-order valence-electron chi connectivity index (χ4n) is 3.07. The van der Waals surface area contributed by atoms with Crippen LogP contribution in [0.15, 0.2) is 35.2 Å². The first-order valence-corrected chi connectivity index (χ1v) is 8.30. The van der Waals surface area contributed by atoms with E-state index < -0.39 is 17.4 Å². The highest BCUT2D eigenvalue weighted by Crippen LogP contribution is 2.48. The van der Waals surface area contributed by atoms with Crippen LogP contribution < -0.4 is 0 Å². The van der Waals surface area contributed by atoms with Crippen LogP contribution >= 0.6 is 11.8 Å². The van der Waals surface area contributed by atoms with Crippen LogP contribution in [0.5, 0.6) is 0 Å². The van der Waals surface area contributed by atoms with Gasteiger partial charge < -0.3 is 9.47 Å². The van der Waals surface area contributed by atoms with Crippen molar-refractivity contribution in [1.82, 2.24) is 0 Å². The first-order chi connectivity index (χ1) is 11.1. The number of hydrogen-bond donors (Lipinski definition) is 0. The van der Waals surface area contributed by atoms with Crippen molar-refractivity contribution in [3.8, 4) is 6.07 Å². The van der Waals surface area contributed by atoms with Gasteiger partial charge in [-0.05, 0) is 30.9 Å². The topological polar surface area (TPSA) is 76.4 Å². The Morgan fingerprint density at radius 2 is 1.83 bits per heavy atom. The van der Waals surface area contributed by atoms with Gasteiger partial charge in [0, 0.05) is 10.6 Å². The summed E-state index contributed by atoms with van der Waals surface area (Å²) >= 11 is 1.62. The Balaban J connectivity index is 2.16. The minimum atomic E-state index is -1.36. The number of carbonyl (C=O) groups excluding carboxylic acids is 2. The smallest absolute Gasteiger partial charge is 0.323 e. The van der Waals surface area contributed by atoms with Crippen molar-refractivity contribution < 1.29 is 19.1 Å². The summed E-state index contributed by atoms with van der Waals surface area (Å²) < 4.78 is 9.62. The van der Waals surface area contributed by atoms with Gasteiger partial charge in [-0.15, -0.1) is 11.8 Å². The normalized spacial score (nSPS) is 22.1. The number of thioether (sulfide) groups is 1. The maximum atomic E-state index is 12.2. The van der Waals surface area contributed by atoms with Crippen LogP contribution in [-0.2, 0) is 19.1 Å². The summed E-state index contributed by atoms with van der Waals surface area (Å²) in [6, 6.07) is 12.1.